The molecular formula is C14H7F6I. The minimum atomic E-state index is -4.55. The van der Waals surface area contributed by atoms with Crippen molar-refractivity contribution in [3.8, 4) is 11.1 Å². The summed E-state index contributed by atoms with van der Waals surface area (Å²) in [4.78, 5) is 0. The second-order valence-corrected chi connectivity index (χ2v) is 5.43. The molecule has 112 valence electrons. The van der Waals surface area contributed by atoms with Gasteiger partial charge in [-0.25, -0.2) is 0 Å². The van der Waals surface area contributed by atoms with Crippen molar-refractivity contribution >= 4 is 22.6 Å². The van der Waals surface area contributed by atoms with E-state index in [2.05, 4.69) is 0 Å². The molecule has 2 aromatic carbocycles. The molecule has 2 rings (SSSR count). The maximum atomic E-state index is 12.8. The smallest absolute Gasteiger partial charge is 0.166 e. The quantitative estimate of drug-likeness (QED) is 0.396. The Balaban J connectivity index is 2.53. The monoisotopic (exact) mass is 416 g/mol. The highest BCUT2D eigenvalue weighted by Crippen LogP contribution is 2.37. The van der Waals surface area contributed by atoms with Gasteiger partial charge in [-0.1, -0.05) is 18.2 Å². The topological polar surface area (TPSA) is 0 Å². The third-order valence-electron chi connectivity index (χ3n) is 2.79. The molecule has 0 bridgehead atoms. The number of rotatable bonds is 1. The fourth-order valence-corrected chi connectivity index (χ4v) is 2.44. The maximum Gasteiger partial charge on any atom is 0.417 e. The van der Waals surface area contributed by atoms with Crippen molar-refractivity contribution in [2.45, 2.75) is 12.4 Å². The average Bonchev–Trinajstić information content (AvgIpc) is 2.37. The molecule has 0 spiro atoms. The van der Waals surface area contributed by atoms with Gasteiger partial charge < -0.3 is 0 Å². The molecule has 0 N–H and O–H groups in total. The van der Waals surface area contributed by atoms with Gasteiger partial charge >= 0.3 is 12.4 Å². The standard InChI is InChI=1S/C14H7F6I/c15-13(16,17)10-3-1-2-8(6-10)9-4-5-12(21)11(7-9)14(18,19)20/h1-7H. The summed E-state index contributed by atoms with van der Waals surface area (Å²) in [6.07, 6.45) is -9.08. The maximum absolute atomic E-state index is 12.8. The van der Waals surface area contributed by atoms with Crippen LogP contribution in [0.15, 0.2) is 42.5 Å². The van der Waals surface area contributed by atoms with E-state index in [9.17, 15) is 26.3 Å². The number of halogens is 7. The molecule has 0 saturated heterocycles. The van der Waals surface area contributed by atoms with Gasteiger partial charge in [0.15, 0.2) is 0 Å². The van der Waals surface area contributed by atoms with Crippen LogP contribution in [0.5, 0.6) is 0 Å². The lowest BCUT2D eigenvalue weighted by atomic mass is 10.0. The van der Waals surface area contributed by atoms with Crippen LogP contribution in [0.3, 0.4) is 0 Å². The fourth-order valence-electron chi connectivity index (χ4n) is 1.80. The van der Waals surface area contributed by atoms with Gasteiger partial charge in [0.2, 0.25) is 0 Å². The molecule has 0 fully saturated rings. The largest absolute Gasteiger partial charge is 0.417 e. The van der Waals surface area contributed by atoms with Crippen molar-refractivity contribution in [3.05, 3.63) is 57.2 Å². The van der Waals surface area contributed by atoms with Gasteiger partial charge in [0, 0.05) is 3.57 Å². The fraction of sp³-hybridized carbons (Fsp3) is 0.143. The molecule has 21 heavy (non-hydrogen) atoms. The van der Waals surface area contributed by atoms with E-state index in [1.807, 2.05) is 0 Å². The minimum Gasteiger partial charge on any atom is -0.166 e. The Morgan fingerprint density at radius 3 is 1.90 bits per heavy atom. The average molecular weight is 416 g/mol. The highest BCUT2D eigenvalue weighted by Gasteiger charge is 2.33. The lowest BCUT2D eigenvalue weighted by Crippen LogP contribution is -2.08. The van der Waals surface area contributed by atoms with E-state index < -0.39 is 23.5 Å². The van der Waals surface area contributed by atoms with Gasteiger partial charge in [-0.2, -0.15) is 26.3 Å². The first-order valence-corrected chi connectivity index (χ1v) is 6.71. The molecule has 0 unspecified atom stereocenters. The SMILES string of the molecule is FC(F)(F)c1cccc(-c2ccc(I)c(C(F)(F)F)c2)c1. The Labute approximate surface area is 129 Å². The molecule has 0 aliphatic rings. The minimum absolute atomic E-state index is 0.00386. The lowest BCUT2D eigenvalue weighted by Gasteiger charge is -2.12. The van der Waals surface area contributed by atoms with Crippen LogP contribution < -0.4 is 0 Å². The van der Waals surface area contributed by atoms with Crippen LogP contribution in [0.2, 0.25) is 0 Å². The Hall–Kier alpha value is -1.25. The van der Waals surface area contributed by atoms with Gasteiger partial charge in [0.25, 0.3) is 0 Å². The third-order valence-corrected chi connectivity index (χ3v) is 3.74. The van der Waals surface area contributed by atoms with Gasteiger partial charge in [-0.15, -0.1) is 0 Å². The summed E-state index contributed by atoms with van der Waals surface area (Å²) < 4.78 is 76.4. The summed E-state index contributed by atoms with van der Waals surface area (Å²) in [6.45, 7) is 0. The molecular weight excluding hydrogens is 409 g/mol. The van der Waals surface area contributed by atoms with Crippen molar-refractivity contribution in [1.82, 2.24) is 0 Å². The van der Waals surface area contributed by atoms with Crippen molar-refractivity contribution in [3.63, 3.8) is 0 Å². The molecule has 0 aromatic heterocycles. The second kappa shape index (κ2) is 5.51. The van der Waals surface area contributed by atoms with Crippen LogP contribution in [0, 0.1) is 3.57 Å². The van der Waals surface area contributed by atoms with Crippen LogP contribution in [-0.4, -0.2) is 0 Å². The molecule has 0 heterocycles. The number of alkyl halides is 6. The van der Waals surface area contributed by atoms with Gasteiger partial charge in [-0.05, 0) is 58.0 Å². The third kappa shape index (κ3) is 3.69. The first kappa shape index (κ1) is 16.1. The number of hydrogen-bond acceptors (Lipinski definition) is 0. The Morgan fingerprint density at radius 1 is 0.714 bits per heavy atom. The van der Waals surface area contributed by atoms with Crippen LogP contribution in [0.1, 0.15) is 11.1 Å². The molecule has 7 heteroatoms. The predicted octanol–water partition coefficient (Wildman–Crippen LogP) is 6.00. The first-order valence-electron chi connectivity index (χ1n) is 5.63. The van der Waals surface area contributed by atoms with Crippen LogP contribution in [0.4, 0.5) is 26.3 Å². The van der Waals surface area contributed by atoms with Crippen molar-refractivity contribution in [2.24, 2.45) is 0 Å². The predicted molar refractivity (Wildman–Crippen MR) is 74.6 cm³/mol. The molecule has 0 aliphatic heterocycles. The summed E-state index contributed by atoms with van der Waals surface area (Å²) in [6, 6.07) is 7.69. The van der Waals surface area contributed by atoms with Gasteiger partial charge in [-0.3, -0.25) is 0 Å². The van der Waals surface area contributed by atoms with E-state index in [1.54, 1.807) is 22.6 Å². The summed E-state index contributed by atoms with van der Waals surface area (Å²) in [5.74, 6) is 0. The van der Waals surface area contributed by atoms with E-state index in [4.69, 9.17) is 0 Å². The van der Waals surface area contributed by atoms with E-state index in [1.165, 1.54) is 24.3 Å². The summed E-state index contributed by atoms with van der Waals surface area (Å²) in [5.41, 5.74) is -1.58. The van der Waals surface area contributed by atoms with Crippen molar-refractivity contribution < 1.29 is 26.3 Å². The van der Waals surface area contributed by atoms with Gasteiger partial charge in [0.05, 0.1) is 11.1 Å². The molecule has 0 saturated carbocycles. The molecule has 0 nitrogen and oxygen atoms in total. The summed E-state index contributed by atoms with van der Waals surface area (Å²) >= 11 is 1.54. The van der Waals surface area contributed by atoms with E-state index in [0.717, 1.165) is 18.2 Å². The lowest BCUT2D eigenvalue weighted by molar-refractivity contribution is -0.138. The van der Waals surface area contributed by atoms with Gasteiger partial charge in [0.1, 0.15) is 0 Å². The zero-order chi connectivity index (χ0) is 15.8. The number of benzene rings is 2. The summed E-state index contributed by atoms with van der Waals surface area (Å²) in [5, 5.41) is 0. The van der Waals surface area contributed by atoms with Crippen LogP contribution in [-0.2, 0) is 12.4 Å². The number of hydrogen-bond donors (Lipinski definition) is 0. The Bertz CT molecular complexity index is 657. The second-order valence-electron chi connectivity index (χ2n) is 4.27. The van der Waals surface area contributed by atoms with Crippen molar-refractivity contribution in [2.75, 3.05) is 0 Å². The van der Waals surface area contributed by atoms with Crippen LogP contribution >= 0.6 is 22.6 Å². The normalized spacial score (nSPS) is 12.5. The first-order chi connectivity index (χ1) is 9.59. The highest BCUT2D eigenvalue weighted by atomic mass is 127. The summed E-state index contributed by atoms with van der Waals surface area (Å²) in [7, 11) is 0. The molecule has 0 aliphatic carbocycles. The molecule has 0 atom stereocenters. The van der Waals surface area contributed by atoms with E-state index in [-0.39, 0.29) is 14.7 Å². The zero-order valence-corrected chi connectivity index (χ0v) is 12.3. The molecule has 2 aromatic rings. The van der Waals surface area contributed by atoms with E-state index in [0.29, 0.717) is 0 Å². The van der Waals surface area contributed by atoms with Crippen molar-refractivity contribution in [1.29, 1.82) is 0 Å². The molecule has 0 radical (unpaired) electrons. The Kier molecular flexibility index (Phi) is 4.23. The van der Waals surface area contributed by atoms with Crippen LogP contribution in [0.25, 0.3) is 11.1 Å². The highest BCUT2D eigenvalue weighted by molar-refractivity contribution is 14.1. The molecule has 0 amide bonds. The van der Waals surface area contributed by atoms with E-state index >= 15 is 0 Å². The zero-order valence-electron chi connectivity index (χ0n) is 10.2. The Morgan fingerprint density at radius 2 is 1.33 bits per heavy atom.